The Bertz CT molecular complexity index is 356. The van der Waals surface area contributed by atoms with Crippen molar-refractivity contribution in [1.29, 1.82) is 0 Å². The van der Waals surface area contributed by atoms with Crippen LogP contribution in [0, 0.1) is 5.82 Å². The molecule has 3 nitrogen and oxygen atoms in total. The van der Waals surface area contributed by atoms with Gasteiger partial charge in [-0.2, -0.15) is 0 Å². The average molecular weight is 210 g/mol. The van der Waals surface area contributed by atoms with E-state index in [-0.39, 0.29) is 18.0 Å². The molecule has 0 fully saturated rings. The van der Waals surface area contributed by atoms with Gasteiger partial charge in [-0.3, -0.25) is 0 Å². The fraction of sp³-hybridized carbons (Fsp3) is 0.455. The Morgan fingerprint density at radius 2 is 2.33 bits per heavy atom. The van der Waals surface area contributed by atoms with Gasteiger partial charge < -0.3 is 16.2 Å². The maximum atomic E-state index is 12.9. The lowest BCUT2D eigenvalue weighted by Crippen LogP contribution is -2.34. The van der Waals surface area contributed by atoms with Gasteiger partial charge in [0.2, 0.25) is 0 Å². The standard InChI is InChI=1S/C11H15FN2O/c12-8-1-2-11-7(3-8)4-10(15-11)5-9(14)6-13/h1-3,9-10H,4-6,13-14H2. The van der Waals surface area contributed by atoms with Crippen molar-refractivity contribution in [2.24, 2.45) is 11.5 Å². The van der Waals surface area contributed by atoms with E-state index in [9.17, 15) is 4.39 Å². The molecule has 0 aromatic heterocycles. The van der Waals surface area contributed by atoms with E-state index in [1.165, 1.54) is 12.1 Å². The molecule has 2 atom stereocenters. The Balaban J connectivity index is 2.03. The number of fused-ring (bicyclic) bond motifs is 1. The predicted octanol–water partition coefficient (Wildman–Crippen LogP) is 0.805. The fourth-order valence-electron chi connectivity index (χ4n) is 1.85. The van der Waals surface area contributed by atoms with Crippen LogP contribution >= 0.6 is 0 Å². The average Bonchev–Trinajstić information content (AvgIpc) is 2.59. The molecule has 0 saturated carbocycles. The SMILES string of the molecule is NCC(N)CC1Cc2cc(F)ccc2O1. The van der Waals surface area contributed by atoms with Crippen molar-refractivity contribution in [3.63, 3.8) is 0 Å². The fourth-order valence-corrected chi connectivity index (χ4v) is 1.85. The van der Waals surface area contributed by atoms with Crippen molar-refractivity contribution in [3.05, 3.63) is 29.6 Å². The Labute approximate surface area is 88.2 Å². The first kappa shape index (κ1) is 10.4. The van der Waals surface area contributed by atoms with Gasteiger partial charge in [0.1, 0.15) is 17.7 Å². The highest BCUT2D eigenvalue weighted by Gasteiger charge is 2.24. The van der Waals surface area contributed by atoms with Crippen LogP contribution < -0.4 is 16.2 Å². The van der Waals surface area contributed by atoms with E-state index in [4.69, 9.17) is 16.2 Å². The van der Waals surface area contributed by atoms with Crippen molar-refractivity contribution in [2.45, 2.75) is 25.0 Å². The van der Waals surface area contributed by atoms with Crippen molar-refractivity contribution in [3.8, 4) is 5.75 Å². The van der Waals surface area contributed by atoms with E-state index in [1.54, 1.807) is 6.07 Å². The molecule has 0 radical (unpaired) electrons. The molecule has 1 heterocycles. The minimum Gasteiger partial charge on any atom is -0.490 e. The molecule has 82 valence electrons. The number of hydrogen-bond acceptors (Lipinski definition) is 3. The summed E-state index contributed by atoms with van der Waals surface area (Å²) in [5, 5.41) is 0. The highest BCUT2D eigenvalue weighted by molar-refractivity contribution is 5.37. The molecule has 4 heteroatoms. The lowest BCUT2D eigenvalue weighted by atomic mass is 10.0. The Kier molecular flexibility index (Phi) is 2.88. The molecule has 0 amide bonds. The lowest BCUT2D eigenvalue weighted by molar-refractivity contribution is 0.211. The second-order valence-corrected chi connectivity index (χ2v) is 3.93. The van der Waals surface area contributed by atoms with Gasteiger partial charge in [-0.15, -0.1) is 0 Å². The van der Waals surface area contributed by atoms with Crippen molar-refractivity contribution >= 4 is 0 Å². The third kappa shape index (κ3) is 2.27. The van der Waals surface area contributed by atoms with Gasteiger partial charge in [-0.05, 0) is 18.2 Å². The predicted molar refractivity (Wildman–Crippen MR) is 56.2 cm³/mol. The number of ether oxygens (including phenoxy) is 1. The summed E-state index contributed by atoms with van der Waals surface area (Å²) in [7, 11) is 0. The van der Waals surface area contributed by atoms with Gasteiger partial charge >= 0.3 is 0 Å². The van der Waals surface area contributed by atoms with E-state index >= 15 is 0 Å². The second-order valence-electron chi connectivity index (χ2n) is 3.93. The highest BCUT2D eigenvalue weighted by Crippen LogP contribution is 2.30. The zero-order valence-corrected chi connectivity index (χ0v) is 8.45. The molecular formula is C11H15FN2O. The smallest absolute Gasteiger partial charge is 0.123 e. The Morgan fingerprint density at radius 1 is 1.53 bits per heavy atom. The first-order chi connectivity index (χ1) is 7.19. The Morgan fingerprint density at radius 3 is 3.07 bits per heavy atom. The second kappa shape index (κ2) is 4.16. The van der Waals surface area contributed by atoms with Crippen LogP contribution in [0.25, 0.3) is 0 Å². The number of rotatable bonds is 3. The molecule has 1 aliphatic heterocycles. The van der Waals surface area contributed by atoms with Crippen molar-refractivity contribution < 1.29 is 9.13 Å². The summed E-state index contributed by atoms with van der Waals surface area (Å²) in [4.78, 5) is 0. The van der Waals surface area contributed by atoms with Gasteiger partial charge in [0.05, 0.1) is 0 Å². The van der Waals surface area contributed by atoms with E-state index in [0.29, 0.717) is 13.0 Å². The third-order valence-electron chi connectivity index (χ3n) is 2.63. The van der Waals surface area contributed by atoms with Gasteiger partial charge in [0.25, 0.3) is 0 Å². The molecule has 1 aromatic carbocycles. The molecule has 0 aliphatic carbocycles. The first-order valence-corrected chi connectivity index (χ1v) is 5.09. The Hall–Kier alpha value is -1.13. The summed E-state index contributed by atoms with van der Waals surface area (Å²) in [5.74, 6) is 0.548. The van der Waals surface area contributed by atoms with Crippen LogP contribution in [0.3, 0.4) is 0 Å². The molecule has 15 heavy (non-hydrogen) atoms. The van der Waals surface area contributed by atoms with E-state index in [0.717, 1.165) is 17.7 Å². The van der Waals surface area contributed by atoms with Gasteiger partial charge in [0.15, 0.2) is 0 Å². The number of halogens is 1. The van der Waals surface area contributed by atoms with Crippen LogP contribution in [-0.4, -0.2) is 18.7 Å². The van der Waals surface area contributed by atoms with E-state index < -0.39 is 0 Å². The van der Waals surface area contributed by atoms with Crippen LogP contribution in [0.1, 0.15) is 12.0 Å². The summed E-state index contributed by atoms with van der Waals surface area (Å²) in [6.45, 7) is 0.449. The van der Waals surface area contributed by atoms with Gasteiger partial charge in [-0.1, -0.05) is 0 Å². The van der Waals surface area contributed by atoms with Crippen LogP contribution in [0.2, 0.25) is 0 Å². The zero-order valence-electron chi connectivity index (χ0n) is 8.45. The van der Waals surface area contributed by atoms with Crippen LogP contribution in [0.4, 0.5) is 4.39 Å². The van der Waals surface area contributed by atoms with Crippen molar-refractivity contribution in [1.82, 2.24) is 0 Å². The molecule has 0 spiro atoms. The molecule has 0 saturated heterocycles. The molecule has 2 rings (SSSR count). The van der Waals surface area contributed by atoms with Gasteiger partial charge in [-0.25, -0.2) is 4.39 Å². The monoisotopic (exact) mass is 210 g/mol. The largest absolute Gasteiger partial charge is 0.490 e. The molecule has 2 unspecified atom stereocenters. The summed E-state index contributed by atoms with van der Waals surface area (Å²) in [6.07, 6.45) is 1.48. The van der Waals surface area contributed by atoms with E-state index in [1.807, 2.05) is 0 Å². The van der Waals surface area contributed by atoms with Crippen LogP contribution in [-0.2, 0) is 6.42 Å². The normalized spacial score (nSPS) is 20.9. The third-order valence-corrected chi connectivity index (χ3v) is 2.63. The number of benzene rings is 1. The number of nitrogens with two attached hydrogens (primary N) is 2. The topological polar surface area (TPSA) is 61.3 Å². The quantitative estimate of drug-likeness (QED) is 0.776. The first-order valence-electron chi connectivity index (χ1n) is 5.09. The van der Waals surface area contributed by atoms with Crippen LogP contribution in [0.5, 0.6) is 5.75 Å². The minimum atomic E-state index is -0.221. The molecule has 1 aromatic rings. The molecule has 4 N–H and O–H groups in total. The summed E-state index contributed by atoms with van der Waals surface area (Å²) in [5.41, 5.74) is 12.1. The maximum Gasteiger partial charge on any atom is 0.123 e. The zero-order chi connectivity index (χ0) is 10.8. The minimum absolute atomic E-state index is 0.0420. The van der Waals surface area contributed by atoms with Crippen molar-refractivity contribution in [2.75, 3.05) is 6.54 Å². The maximum absolute atomic E-state index is 12.9. The lowest BCUT2D eigenvalue weighted by Gasteiger charge is -2.14. The van der Waals surface area contributed by atoms with Gasteiger partial charge in [0, 0.05) is 31.0 Å². The summed E-state index contributed by atoms with van der Waals surface area (Å²) in [6, 6.07) is 4.54. The van der Waals surface area contributed by atoms with E-state index in [2.05, 4.69) is 0 Å². The summed E-state index contributed by atoms with van der Waals surface area (Å²) < 4.78 is 18.5. The van der Waals surface area contributed by atoms with Crippen LogP contribution in [0.15, 0.2) is 18.2 Å². The molecule has 1 aliphatic rings. The molecule has 0 bridgehead atoms. The highest BCUT2D eigenvalue weighted by atomic mass is 19.1. The number of hydrogen-bond donors (Lipinski definition) is 2. The summed E-state index contributed by atoms with van der Waals surface area (Å²) >= 11 is 0. The molecular weight excluding hydrogens is 195 g/mol.